The zero-order valence-corrected chi connectivity index (χ0v) is 11.2. The minimum absolute atomic E-state index is 0.0345. The number of carbonyl (C=O) groups is 2. The van der Waals surface area contributed by atoms with Gasteiger partial charge in [-0.3, -0.25) is 14.5 Å². The van der Waals surface area contributed by atoms with Crippen molar-refractivity contribution in [2.45, 2.75) is 51.5 Å². The van der Waals surface area contributed by atoms with Crippen molar-refractivity contribution < 1.29 is 14.7 Å². The van der Waals surface area contributed by atoms with E-state index in [0.29, 0.717) is 25.8 Å². The highest BCUT2D eigenvalue weighted by Gasteiger charge is 2.27. The highest BCUT2D eigenvalue weighted by atomic mass is 16.4. The van der Waals surface area contributed by atoms with Crippen molar-refractivity contribution in [1.82, 2.24) is 10.2 Å². The molecule has 1 aliphatic rings. The minimum Gasteiger partial charge on any atom is -0.481 e. The SMILES string of the molecule is CCN(CCNC(=O)CCCCC(=O)O)C1CC1. The Kier molecular flexibility index (Phi) is 6.72. The molecule has 0 aromatic rings. The molecule has 0 aliphatic heterocycles. The maximum absolute atomic E-state index is 11.5. The van der Waals surface area contributed by atoms with Crippen LogP contribution in [0.4, 0.5) is 0 Å². The molecule has 104 valence electrons. The van der Waals surface area contributed by atoms with E-state index >= 15 is 0 Å². The zero-order valence-electron chi connectivity index (χ0n) is 11.2. The smallest absolute Gasteiger partial charge is 0.303 e. The molecule has 1 rings (SSSR count). The lowest BCUT2D eigenvalue weighted by Crippen LogP contribution is -2.36. The first kappa shape index (κ1) is 15.0. The van der Waals surface area contributed by atoms with Crippen LogP contribution in [-0.2, 0) is 9.59 Å². The van der Waals surface area contributed by atoms with Crippen LogP contribution >= 0.6 is 0 Å². The standard InChI is InChI=1S/C13H24N2O3/c1-2-15(11-7-8-11)10-9-14-12(16)5-3-4-6-13(17)18/h11H,2-10H2,1H3,(H,14,16)(H,17,18). The van der Waals surface area contributed by atoms with Gasteiger partial charge in [0.05, 0.1) is 0 Å². The molecule has 18 heavy (non-hydrogen) atoms. The van der Waals surface area contributed by atoms with E-state index in [9.17, 15) is 9.59 Å². The van der Waals surface area contributed by atoms with E-state index in [1.165, 1.54) is 12.8 Å². The summed E-state index contributed by atoms with van der Waals surface area (Å²) in [6.45, 7) is 4.80. The second-order valence-corrected chi connectivity index (χ2v) is 4.81. The van der Waals surface area contributed by atoms with E-state index in [1.54, 1.807) is 0 Å². The molecule has 5 heteroatoms. The largest absolute Gasteiger partial charge is 0.481 e. The summed E-state index contributed by atoms with van der Waals surface area (Å²) in [4.78, 5) is 24.1. The highest BCUT2D eigenvalue weighted by molar-refractivity contribution is 5.75. The number of nitrogens with zero attached hydrogens (tertiary/aromatic N) is 1. The molecule has 0 spiro atoms. The first-order valence-corrected chi connectivity index (χ1v) is 6.86. The van der Waals surface area contributed by atoms with Crippen LogP contribution in [0.3, 0.4) is 0 Å². The average molecular weight is 256 g/mol. The quantitative estimate of drug-likeness (QED) is 0.577. The Labute approximate surface area is 109 Å². The number of carbonyl (C=O) groups excluding carboxylic acids is 1. The van der Waals surface area contributed by atoms with Crippen LogP contribution in [0.5, 0.6) is 0 Å². The number of hydrogen-bond acceptors (Lipinski definition) is 3. The summed E-state index contributed by atoms with van der Waals surface area (Å²) in [5.74, 6) is -0.759. The monoisotopic (exact) mass is 256 g/mol. The number of unbranched alkanes of at least 4 members (excludes halogenated alkanes) is 1. The van der Waals surface area contributed by atoms with Crippen molar-refractivity contribution in [3.8, 4) is 0 Å². The van der Waals surface area contributed by atoms with Crippen LogP contribution in [0.2, 0.25) is 0 Å². The van der Waals surface area contributed by atoms with Gasteiger partial charge in [0, 0.05) is 32.0 Å². The van der Waals surface area contributed by atoms with Crippen molar-refractivity contribution in [1.29, 1.82) is 0 Å². The third kappa shape index (κ3) is 6.59. The minimum atomic E-state index is -0.793. The van der Waals surface area contributed by atoms with E-state index in [-0.39, 0.29) is 12.3 Å². The van der Waals surface area contributed by atoms with Gasteiger partial charge in [-0.2, -0.15) is 0 Å². The topological polar surface area (TPSA) is 69.6 Å². The second-order valence-electron chi connectivity index (χ2n) is 4.81. The van der Waals surface area contributed by atoms with E-state index in [1.807, 2.05) is 0 Å². The molecule has 0 radical (unpaired) electrons. The number of carboxylic acids is 1. The summed E-state index contributed by atoms with van der Waals surface area (Å²) < 4.78 is 0. The molecular weight excluding hydrogens is 232 g/mol. The van der Waals surface area contributed by atoms with Gasteiger partial charge in [0.25, 0.3) is 0 Å². The molecule has 1 saturated carbocycles. The maximum atomic E-state index is 11.5. The van der Waals surface area contributed by atoms with E-state index in [4.69, 9.17) is 5.11 Å². The number of aliphatic carboxylic acids is 1. The third-order valence-corrected chi connectivity index (χ3v) is 3.24. The average Bonchev–Trinajstić information content (AvgIpc) is 3.14. The molecule has 0 atom stereocenters. The van der Waals surface area contributed by atoms with Crippen LogP contribution in [0, 0.1) is 0 Å². The van der Waals surface area contributed by atoms with Crippen LogP contribution in [0.15, 0.2) is 0 Å². The lowest BCUT2D eigenvalue weighted by molar-refractivity contribution is -0.137. The summed E-state index contributed by atoms with van der Waals surface area (Å²) >= 11 is 0. The number of likely N-dealkylation sites (N-methyl/N-ethyl adjacent to an activating group) is 1. The number of hydrogen-bond donors (Lipinski definition) is 2. The molecule has 5 nitrogen and oxygen atoms in total. The fourth-order valence-corrected chi connectivity index (χ4v) is 2.03. The molecule has 0 unspecified atom stereocenters. The van der Waals surface area contributed by atoms with E-state index in [2.05, 4.69) is 17.1 Å². The lowest BCUT2D eigenvalue weighted by atomic mass is 10.2. The summed E-state index contributed by atoms with van der Waals surface area (Å²) in [5.41, 5.74) is 0. The first-order chi connectivity index (χ1) is 8.63. The zero-order chi connectivity index (χ0) is 13.4. The molecule has 0 aromatic heterocycles. The number of carboxylic acid groups (broad SMARTS) is 1. The number of rotatable bonds is 10. The van der Waals surface area contributed by atoms with Crippen molar-refractivity contribution >= 4 is 11.9 Å². The summed E-state index contributed by atoms with van der Waals surface area (Å²) in [7, 11) is 0. The molecule has 0 heterocycles. The Morgan fingerprint density at radius 3 is 2.50 bits per heavy atom. The second kappa shape index (κ2) is 8.08. The predicted octanol–water partition coefficient (Wildman–Crippen LogP) is 1.23. The predicted molar refractivity (Wildman–Crippen MR) is 69.4 cm³/mol. The van der Waals surface area contributed by atoms with Crippen LogP contribution in [0.1, 0.15) is 45.4 Å². The van der Waals surface area contributed by atoms with Gasteiger partial charge in [-0.25, -0.2) is 0 Å². The fraction of sp³-hybridized carbons (Fsp3) is 0.846. The van der Waals surface area contributed by atoms with E-state index < -0.39 is 5.97 Å². The van der Waals surface area contributed by atoms with Crippen molar-refractivity contribution in [2.24, 2.45) is 0 Å². The fourth-order valence-electron chi connectivity index (χ4n) is 2.03. The summed E-state index contributed by atoms with van der Waals surface area (Å²) in [6, 6.07) is 0.738. The molecule has 0 aromatic carbocycles. The van der Waals surface area contributed by atoms with Gasteiger partial charge in [-0.05, 0) is 32.2 Å². The van der Waals surface area contributed by atoms with Crippen molar-refractivity contribution in [3.05, 3.63) is 0 Å². The Balaban J connectivity index is 1.97. The van der Waals surface area contributed by atoms with Gasteiger partial charge in [-0.1, -0.05) is 6.92 Å². The lowest BCUT2D eigenvalue weighted by Gasteiger charge is -2.19. The molecule has 2 N–H and O–H groups in total. The highest BCUT2D eigenvalue weighted by Crippen LogP contribution is 2.25. The number of amides is 1. The van der Waals surface area contributed by atoms with Crippen molar-refractivity contribution in [2.75, 3.05) is 19.6 Å². The summed E-state index contributed by atoms with van der Waals surface area (Å²) in [5, 5.41) is 11.4. The Morgan fingerprint density at radius 2 is 1.94 bits per heavy atom. The van der Waals surface area contributed by atoms with Crippen LogP contribution < -0.4 is 5.32 Å². The first-order valence-electron chi connectivity index (χ1n) is 6.86. The van der Waals surface area contributed by atoms with Gasteiger partial charge < -0.3 is 10.4 Å². The van der Waals surface area contributed by atoms with Crippen LogP contribution in [0.25, 0.3) is 0 Å². The Bertz CT molecular complexity index is 277. The Hall–Kier alpha value is -1.10. The number of nitrogens with one attached hydrogen (secondary N) is 1. The maximum Gasteiger partial charge on any atom is 0.303 e. The molecule has 0 saturated heterocycles. The Morgan fingerprint density at radius 1 is 1.28 bits per heavy atom. The van der Waals surface area contributed by atoms with Gasteiger partial charge in [0.1, 0.15) is 0 Å². The van der Waals surface area contributed by atoms with Gasteiger partial charge >= 0.3 is 5.97 Å². The van der Waals surface area contributed by atoms with Gasteiger partial charge in [0.15, 0.2) is 0 Å². The van der Waals surface area contributed by atoms with E-state index in [0.717, 1.165) is 19.1 Å². The van der Waals surface area contributed by atoms with Crippen LogP contribution in [-0.4, -0.2) is 47.6 Å². The molecule has 1 aliphatic carbocycles. The molecule has 1 amide bonds. The normalized spacial score (nSPS) is 14.8. The van der Waals surface area contributed by atoms with Gasteiger partial charge in [0.2, 0.25) is 5.91 Å². The summed E-state index contributed by atoms with van der Waals surface area (Å²) in [6.07, 6.45) is 4.39. The third-order valence-electron chi connectivity index (χ3n) is 3.24. The molecule has 1 fully saturated rings. The molecular formula is C13H24N2O3. The van der Waals surface area contributed by atoms with Crippen molar-refractivity contribution in [3.63, 3.8) is 0 Å². The molecule has 0 bridgehead atoms. The van der Waals surface area contributed by atoms with Gasteiger partial charge in [-0.15, -0.1) is 0 Å².